The highest BCUT2D eigenvalue weighted by molar-refractivity contribution is 7.99. The second-order valence-corrected chi connectivity index (χ2v) is 5.94. The Morgan fingerprint density at radius 3 is 2.95 bits per heavy atom. The molecule has 0 aromatic carbocycles. The summed E-state index contributed by atoms with van der Waals surface area (Å²) in [4.78, 5) is 12.2. The Kier molecular flexibility index (Phi) is 3.82. The first kappa shape index (κ1) is 12.7. The molecule has 100 valence electrons. The SMILES string of the molecule is O=C(CSc1nnc2ccccn12)C1CCCCC1. The molecule has 19 heavy (non-hydrogen) atoms. The predicted octanol–water partition coefficient (Wildman–Crippen LogP) is 2.97. The van der Waals surface area contributed by atoms with Gasteiger partial charge < -0.3 is 0 Å². The van der Waals surface area contributed by atoms with Crippen molar-refractivity contribution >= 4 is 23.2 Å². The molecule has 0 saturated heterocycles. The Labute approximate surface area is 116 Å². The van der Waals surface area contributed by atoms with E-state index < -0.39 is 0 Å². The van der Waals surface area contributed by atoms with Gasteiger partial charge in [0.2, 0.25) is 0 Å². The molecule has 2 aromatic heterocycles. The molecule has 3 rings (SSSR count). The third kappa shape index (κ3) is 2.81. The average Bonchev–Trinajstić information content (AvgIpc) is 2.89. The summed E-state index contributed by atoms with van der Waals surface area (Å²) in [5.74, 6) is 1.16. The van der Waals surface area contributed by atoms with Gasteiger partial charge in [0, 0.05) is 12.1 Å². The molecule has 1 saturated carbocycles. The smallest absolute Gasteiger partial charge is 0.196 e. The first-order valence-electron chi connectivity index (χ1n) is 6.80. The molecule has 1 aliphatic carbocycles. The van der Waals surface area contributed by atoms with E-state index in [2.05, 4.69) is 10.2 Å². The summed E-state index contributed by atoms with van der Waals surface area (Å²) in [6.45, 7) is 0. The second kappa shape index (κ2) is 5.74. The second-order valence-electron chi connectivity index (χ2n) is 5.00. The van der Waals surface area contributed by atoms with Gasteiger partial charge in [-0.1, -0.05) is 37.1 Å². The largest absolute Gasteiger partial charge is 0.298 e. The monoisotopic (exact) mass is 275 g/mol. The molecule has 1 fully saturated rings. The first-order chi connectivity index (χ1) is 9.34. The average molecular weight is 275 g/mol. The number of carbonyl (C=O) groups excluding carboxylic acids is 1. The number of rotatable bonds is 4. The molecular formula is C14H17N3OS. The van der Waals surface area contributed by atoms with Crippen LogP contribution in [0.3, 0.4) is 0 Å². The van der Waals surface area contributed by atoms with Crippen LogP contribution in [0.5, 0.6) is 0 Å². The Morgan fingerprint density at radius 1 is 1.26 bits per heavy atom. The van der Waals surface area contributed by atoms with Gasteiger partial charge in [-0.05, 0) is 25.0 Å². The molecule has 1 aliphatic rings. The number of carbonyl (C=O) groups is 1. The van der Waals surface area contributed by atoms with Crippen LogP contribution in [-0.2, 0) is 4.79 Å². The van der Waals surface area contributed by atoms with Crippen LogP contribution in [0.15, 0.2) is 29.6 Å². The summed E-state index contributed by atoms with van der Waals surface area (Å²) in [5, 5.41) is 9.03. The van der Waals surface area contributed by atoms with E-state index in [1.165, 1.54) is 31.0 Å². The van der Waals surface area contributed by atoms with Crippen molar-refractivity contribution in [1.29, 1.82) is 0 Å². The van der Waals surface area contributed by atoms with Crippen LogP contribution < -0.4 is 0 Å². The van der Waals surface area contributed by atoms with E-state index in [1.54, 1.807) is 0 Å². The molecule has 0 amide bonds. The number of hydrogen-bond acceptors (Lipinski definition) is 4. The van der Waals surface area contributed by atoms with Crippen molar-refractivity contribution < 1.29 is 4.79 Å². The summed E-state index contributed by atoms with van der Waals surface area (Å²) in [5.41, 5.74) is 0.829. The number of fused-ring (bicyclic) bond motifs is 1. The Bertz CT molecular complexity index is 575. The molecule has 0 aliphatic heterocycles. The van der Waals surface area contributed by atoms with Crippen molar-refractivity contribution in [2.45, 2.75) is 37.3 Å². The van der Waals surface area contributed by atoms with Gasteiger partial charge in [-0.15, -0.1) is 10.2 Å². The molecule has 2 heterocycles. The molecule has 5 heteroatoms. The number of ketones is 1. The van der Waals surface area contributed by atoms with Gasteiger partial charge in [-0.2, -0.15) is 0 Å². The van der Waals surface area contributed by atoms with Gasteiger partial charge in [-0.3, -0.25) is 9.20 Å². The van der Waals surface area contributed by atoms with Gasteiger partial charge in [-0.25, -0.2) is 0 Å². The van der Waals surface area contributed by atoms with Gasteiger partial charge >= 0.3 is 0 Å². The Hall–Kier alpha value is -1.36. The van der Waals surface area contributed by atoms with E-state index in [9.17, 15) is 4.79 Å². The highest BCUT2D eigenvalue weighted by Gasteiger charge is 2.21. The van der Waals surface area contributed by atoms with Crippen LogP contribution in [0.25, 0.3) is 5.65 Å². The number of nitrogens with zero attached hydrogens (tertiary/aromatic N) is 3. The molecule has 0 unspecified atom stereocenters. The van der Waals surface area contributed by atoms with Crippen molar-refractivity contribution in [3.05, 3.63) is 24.4 Å². The van der Waals surface area contributed by atoms with Crippen molar-refractivity contribution in [2.24, 2.45) is 5.92 Å². The maximum Gasteiger partial charge on any atom is 0.196 e. The van der Waals surface area contributed by atoms with Crippen LogP contribution in [0.4, 0.5) is 0 Å². The highest BCUT2D eigenvalue weighted by atomic mass is 32.2. The normalized spacial score (nSPS) is 16.8. The lowest BCUT2D eigenvalue weighted by atomic mass is 9.87. The fourth-order valence-electron chi connectivity index (χ4n) is 2.60. The van der Waals surface area contributed by atoms with Crippen molar-refractivity contribution in [1.82, 2.24) is 14.6 Å². The van der Waals surface area contributed by atoms with E-state index in [-0.39, 0.29) is 5.92 Å². The zero-order chi connectivity index (χ0) is 13.1. The number of Topliss-reactive ketones (excluding diaryl/α,β-unsaturated/α-hetero) is 1. The third-order valence-electron chi connectivity index (χ3n) is 3.69. The summed E-state index contributed by atoms with van der Waals surface area (Å²) in [7, 11) is 0. The summed E-state index contributed by atoms with van der Waals surface area (Å²) < 4.78 is 1.93. The minimum atomic E-state index is 0.278. The molecule has 0 N–H and O–H groups in total. The Balaban J connectivity index is 1.64. The molecule has 0 bridgehead atoms. The van der Waals surface area contributed by atoms with Gasteiger partial charge in [0.25, 0.3) is 0 Å². The van der Waals surface area contributed by atoms with E-state index >= 15 is 0 Å². The lowest BCUT2D eigenvalue weighted by Gasteiger charge is -2.19. The van der Waals surface area contributed by atoms with Gasteiger partial charge in [0.05, 0.1) is 5.75 Å². The molecule has 4 nitrogen and oxygen atoms in total. The highest BCUT2D eigenvalue weighted by Crippen LogP contribution is 2.26. The van der Waals surface area contributed by atoms with Crippen molar-refractivity contribution in [3.8, 4) is 0 Å². The maximum atomic E-state index is 12.2. The molecular weight excluding hydrogens is 258 g/mol. The fraction of sp³-hybridized carbons (Fsp3) is 0.500. The van der Waals surface area contributed by atoms with Gasteiger partial charge in [0.1, 0.15) is 5.78 Å². The quantitative estimate of drug-likeness (QED) is 0.805. The van der Waals surface area contributed by atoms with Crippen molar-refractivity contribution in [3.63, 3.8) is 0 Å². The molecule has 0 radical (unpaired) electrons. The minimum absolute atomic E-state index is 0.278. The summed E-state index contributed by atoms with van der Waals surface area (Å²) in [6.07, 6.45) is 7.76. The summed E-state index contributed by atoms with van der Waals surface area (Å²) >= 11 is 1.50. The lowest BCUT2D eigenvalue weighted by molar-refractivity contribution is -0.121. The van der Waals surface area contributed by atoms with Crippen LogP contribution >= 0.6 is 11.8 Å². The van der Waals surface area contributed by atoms with Crippen LogP contribution in [0, 0.1) is 5.92 Å². The molecule has 0 spiro atoms. The third-order valence-corrected chi connectivity index (χ3v) is 4.65. The molecule has 0 atom stereocenters. The van der Waals surface area contributed by atoms with Crippen LogP contribution in [0.2, 0.25) is 0 Å². The number of hydrogen-bond donors (Lipinski definition) is 0. The standard InChI is InChI=1S/C14H17N3OS/c18-12(11-6-2-1-3-7-11)10-19-14-16-15-13-8-4-5-9-17(13)14/h4-5,8-9,11H,1-3,6-7,10H2. The van der Waals surface area contributed by atoms with Gasteiger partial charge in [0.15, 0.2) is 10.8 Å². The predicted molar refractivity (Wildman–Crippen MR) is 75.3 cm³/mol. The summed E-state index contributed by atoms with van der Waals surface area (Å²) in [6, 6.07) is 5.80. The van der Waals surface area contributed by atoms with E-state index in [4.69, 9.17) is 0 Å². The van der Waals surface area contributed by atoms with E-state index in [0.29, 0.717) is 11.5 Å². The van der Waals surface area contributed by atoms with Crippen LogP contribution in [-0.4, -0.2) is 26.1 Å². The lowest BCUT2D eigenvalue weighted by Crippen LogP contribution is -2.19. The molecule has 2 aromatic rings. The Morgan fingerprint density at radius 2 is 2.11 bits per heavy atom. The number of thioether (sulfide) groups is 1. The van der Waals surface area contributed by atoms with E-state index in [0.717, 1.165) is 23.6 Å². The minimum Gasteiger partial charge on any atom is -0.298 e. The van der Waals surface area contributed by atoms with E-state index in [1.807, 2.05) is 28.8 Å². The first-order valence-corrected chi connectivity index (χ1v) is 7.78. The van der Waals surface area contributed by atoms with Crippen LogP contribution in [0.1, 0.15) is 32.1 Å². The zero-order valence-corrected chi connectivity index (χ0v) is 11.6. The van der Waals surface area contributed by atoms with Crippen molar-refractivity contribution in [2.75, 3.05) is 5.75 Å². The maximum absolute atomic E-state index is 12.2. The number of pyridine rings is 1. The number of aromatic nitrogens is 3. The zero-order valence-electron chi connectivity index (χ0n) is 10.8. The topological polar surface area (TPSA) is 47.3 Å². The fourth-order valence-corrected chi connectivity index (χ4v) is 3.50.